The molecule has 2 heterocycles. The number of urea groups is 1. The van der Waals surface area contributed by atoms with E-state index in [1.165, 1.54) is 21.3 Å². The second-order valence-electron chi connectivity index (χ2n) is 13.6. The summed E-state index contributed by atoms with van der Waals surface area (Å²) in [5, 5.41) is 36.0. The molecule has 0 bridgehead atoms. The molecule has 0 spiro atoms. The number of piperazine rings is 2. The monoisotopic (exact) mass is 1040 g/mol. The second kappa shape index (κ2) is 21.4. The molecule has 2 aliphatic rings. The molecule has 2 fully saturated rings. The minimum Gasteiger partial charge on any atom is -0.504 e. The lowest BCUT2D eigenvalue weighted by molar-refractivity contribution is -0.384. The summed E-state index contributed by atoms with van der Waals surface area (Å²) in [6.45, 7) is 6.92. The molecule has 28 heteroatoms. The lowest BCUT2D eigenvalue weighted by atomic mass is 10.2. The normalized spacial score (nSPS) is 15.2. The van der Waals surface area contributed by atoms with Gasteiger partial charge in [0.1, 0.15) is 20.4 Å². The molecule has 2 saturated heterocycles. The largest absolute Gasteiger partial charge is 0.504 e. The van der Waals surface area contributed by atoms with Crippen molar-refractivity contribution in [3.8, 4) is 5.75 Å². The highest BCUT2D eigenvalue weighted by molar-refractivity contribution is 9.10. The maximum Gasteiger partial charge on any atom is 0.490 e. The first-order valence-corrected chi connectivity index (χ1v) is 22.4. The topological polar surface area (TPSA) is 258 Å². The van der Waals surface area contributed by atoms with E-state index < -0.39 is 81.1 Å². The Hall–Kier alpha value is -4.21. The molecule has 3 aromatic carbocycles. The second-order valence-corrected chi connectivity index (χ2v) is 19.4. The zero-order chi connectivity index (χ0) is 47.0. The Kier molecular flexibility index (Phi) is 18.0. The fourth-order valence-electron chi connectivity index (χ4n) is 5.21. The summed E-state index contributed by atoms with van der Waals surface area (Å²) in [6, 6.07) is 11.2. The number of aliphatic carboxylic acids is 1. The number of carbonyl (C=O) groups excluding carboxylic acids is 2. The fourth-order valence-corrected chi connectivity index (χ4v) is 10.2. The van der Waals surface area contributed by atoms with Crippen molar-refractivity contribution in [3.63, 3.8) is 0 Å². The molecule has 3 aromatic rings. The van der Waals surface area contributed by atoms with E-state index in [1.54, 1.807) is 45.0 Å². The number of rotatable bonds is 7. The van der Waals surface area contributed by atoms with E-state index in [0.717, 1.165) is 16.4 Å². The van der Waals surface area contributed by atoms with Crippen molar-refractivity contribution >= 4 is 106 Å². The number of para-hydroxylation sites is 1. The van der Waals surface area contributed by atoms with Gasteiger partial charge in [0.2, 0.25) is 20.0 Å². The summed E-state index contributed by atoms with van der Waals surface area (Å²) < 4.78 is 91.7. The van der Waals surface area contributed by atoms with Crippen LogP contribution in [0.15, 0.2) is 62.8 Å². The number of amides is 3. The number of nitro groups is 1. The van der Waals surface area contributed by atoms with Crippen LogP contribution in [0.2, 0.25) is 15.1 Å². The molecule has 0 aliphatic carbocycles. The standard InChI is InChI=1S/C17H18BrClN4O4S.C15H19Cl2N3O6S.C2HF3O2/c18-11-3-1-2-4-13(11)21-17(25)22-14-6-5-12(19)16(15(14)24)28(26,27)23-9-7-20-8-10-23;1-15(2,3)26-14(21)18-6-8-19(9-7-18)27(24,25)13-10(16)4-5-11(12(13)17)20(22)23;3-2(4,5)1(6)7/h1-6,20,24H,7-10H2,(H2,21,22,25);4-5H,6-9H2,1-3H3;(H,6,7). The van der Waals surface area contributed by atoms with Crippen LogP contribution in [0, 0.1) is 10.1 Å². The maximum atomic E-state index is 12.9. The number of carboxylic acids is 1. The van der Waals surface area contributed by atoms with Crippen LogP contribution in [0.5, 0.6) is 5.75 Å². The van der Waals surface area contributed by atoms with Crippen LogP contribution < -0.4 is 16.0 Å². The van der Waals surface area contributed by atoms with Crippen LogP contribution in [0.3, 0.4) is 0 Å². The van der Waals surface area contributed by atoms with Gasteiger partial charge in [0.25, 0.3) is 5.69 Å². The average Bonchev–Trinajstić information content (AvgIpc) is 3.16. The molecular formula is C34H38BrCl3F3N7O12S2. The summed E-state index contributed by atoms with van der Waals surface area (Å²) in [5.41, 5.74) is -0.763. The number of hydrogen-bond donors (Lipinski definition) is 5. The fraction of sp³-hybridized carbons (Fsp3) is 0.382. The quantitative estimate of drug-likeness (QED) is 0.0926. The van der Waals surface area contributed by atoms with E-state index in [2.05, 4.69) is 31.9 Å². The van der Waals surface area contributed by atoms with Gasteiger partial charge in [0.15, 0.2) is 5.75 Å². The predicted octanol–water partition coefficient (Wildman–Crippen LogP) is 6.82. The Morgan fingerprint density at radius 1 is 0.823 bits per heavy atom. The van der Waals surface area contributed by atoms with E-state index in [4.69, 9.17) is 49.4 Å². The summed E-state index contributed by atoms with van der Waals surface area (Å²) in [6.07, 6.45) is -5.62. The number of aromatic hydroxyl groups is 1. The number of anilines is 2. The Bertz CT molecular complexity index is 2380. The van der Waals surface area contributed by atoms with Gasteiger partial charge in [0.05, 0.1) is 26.3 Å². The molecule has 0 saturated carbocycles. The minimum atomic E-state index is -5.08. The number of benzene rings is 3. The van der Waals surface area contributed by atoms with Crippen LogP contribution in [-0.2, 0) is 29.6 Å². The number of nitrogens with one attached hydrogen (secondary N) is 3. The highest BCUT2D eigenvalue weighted by atomic mass is 79.9. The van der Waals surface area contributed by atoms with Crippen molar-refractivity contribution < 1.29 is 64.3 Å². The molecule has 0 radical (unpaired) electrons. The molecule has 5 N–H and O–H groups in total. The molecule has 19 nitrogen and oxygen atoms in total. The van der Waals surface area contributed by atoms with E-state index in [-0.39, 0.29) is 55.0 Å². The van der Waals surface area contributed by atoms with Crippen molar-refractivity contribution in [2.75, 3.05) is 63.0 Å². The molecule has 3 amide bonds. The Morgan fingerprint density at radius 2 is 1.31 bits per heavy atom. The van der Waals surface area contributed by atoms with Crippen LogP contribution in [0.1, 0.15) is 20.8 Å². The summed E-state index contributed by atoms with van der Waals surface area (Å²) in [4.78, 5) is 44.0. The van der Waals surface area contributed by atoms with E-state index in [9.17, 15) is 54.8 Å². The lowest BCUT2D eigenvalue weighted by Crippen LogP contribution is -2.51. The Morgan fingerprint density at radius 3 is 1.82 bits per heavy atom. The number of phenols is 1. The number of phenolic OH excluding ortho intramolecular Hbond substituents is 1. The number of nitrogens with zero attached hydrogens (tertiary/aromatic N) is 4. The first-order chi connectivity index (χ1) is 28.6. The van der Waals surface area contributed by atoms with E-state index >= 15 is 0 Å². The number of carboxylic acid groups (broad SMARTS) is 1. The summed E-state index contributed by atoms with van der Waals surface area (Å²) in [7, 11) is -8.19. The Labute approximate surface area is 376 Å². The molecule has 0 unspecified atom stereocenters. The van der Waals surface area contributed by atoms with Gasteiger partial charge in [-0.25, -0.2) is 31.2 Å². The van der Waals surface area contributed by atoms with Gasteiger partial charge in [-0.15, -0.1) is 0 Å². The van der Waals surface area contributed by atoms with E-state index in [0.29, 0.717) is 23.2 Å². The van der Waals surface area contributed by atoms with Gasteiger partial charge in [-0.3, -0.25) is 10.1 Å². The molecule has 5 rings (SSSR count). The van der Waals surface area contributed by atoms with Gasteiger partial charge in [-0.1, -0.05) is 46.9 Å². The van der Waals surface area contributed by atoms with Gasteiger partial charge in [-0.2, -0.15) is 21.8 Å². The van der Waals surface area contributed by atoms with Crippen molar-refractivity contribution in [1.82, 2.24) is 18.8 Å². The van der Waals surface area contributed by atoms with Crippen molar-refractivity contribution in [1.29, 1.82) is 0 Å². The van der Waals surface area contributed by atoms with Crippen LogP contribution >= 0.6 is 50.7 Å². The highest BCUT2D eigenvalue weighted by Gasteiger charge is 2.39. The average molecular weight is 1040 g/mol. The van der Waals surface area contributed by atoms with Crippen LogP contribution in [-0.4, -0.2) is 128 Å². The molecular weight excluding hydrogens is 1010 g/mol. The third-order valence-corrected chi connectivity index (χ3v) is 14.1. The van der Waals surface area contributed by atoms with Gasteiger partial charge in [0, 0.05) is 62.9 Å². The molecule has 342 valence electrons. The maximum absolute atomic E-state index is 12.9. The minimum absolute atomic E-state index is 0.0169. The zero-order valence-corrected chi connectivity index (χ0v) is 38.0. The summed E-state index contributed by atoms with van der Waals surface area (Å²) >= 11 is 21.3. The number of ether oxygens (including phenoxy) is 1. The van der Waals surface area contributed by atoms with Gasteiger partial charge < -0.3 is 35.8 Å². The van der Waals surface area contributed by atoms with E-state index in [1.807, 2.05) is 0 Å². The molecule has 0 aromatic heterocycles. The van der Waals surface area contributed by atoms with Gasteiger partial charge >= 0.3 is 24.3 Å². The first kappa shape index (κ1) is 52.1. The number of alkyl halides is 3. The third-order valence-electron chi connectivity index (χ3n) is 8.08. The summed E-state index contributed by atoms with van der Waals surface area (Å²) in [5.74, 6) is -3.36. The zero-order valence-electron chi connectivity index (χ0n) is 32.5. The van der Waals surface area contributed by atoms with Crippen LogP contribution in [0.4, 0.5) is 39.8 Å². The number of sulfonamides is 2. The smallest absolute Gasteiger partial charge is 0.490 e. The molecule has 0 atom stereocenters. The number of hydrogen-bond acceptors (Lipinski definition) is 12. The van der Waals surface area contributed by atoms with Crippen molar-refractivity contribution in [3.05, 3.63) is 78.2 Å². The third kappa shape index (κ3) is 13.9. The van der Waals surface area contributed by atoms with Crippen molar-refractivity contribution in [2.45, 2.75) is 42.3 Å². The van der Waals surface area contributed by atoms with Gasteiger partial charge in [-0.05, 0) is 67.0 Å². The molecule has 2 aliphatic heterocycles. The predicted molar refractivity (Wildman–Crippen MR) is 225 cm³/mol. The Balaban J connectivity index is 0.000000287. The number of nitro benzene ring substituents is 1. The molecule has 62 heavy (non-hydrogen) atoms. The SMILES string of the molecule is CC(C)(C)OC(=O)N1CCN(S(=O)(=O)c2c(Cl)ccc([N+](=O)[O-])c2Cl)CC1.O=C(Nc1ccccc1Br)Nc1ccc(Cl)c(S(=O)(=O)N2CCNCC2)c1O.O=C(O)C(F)(F)F. The lowest BCUT2D eigenvalue weighted by Gasteiger charge is -2.35. The first-order valence-electron chi connectivity index (χ1n) is 17.5. The van der Waals surface area contributed by atoms with Crippen LogP contribution in [0.25, 0.3) is 0 Å². The highest BCUT2D eigenvalue weighted by Crippen LogP contribution is 2.40. The van der Waals surface area contributed by atoms with Crippen molar-refractivity contribution in [2.24, 2.45) is 0 Å². The number of carbonyl (C=O) groups is 3. The number of halogens is 7.